The minimum absolute atomic E-state index is 0.132. The summed E-state index contributed by atoms with van der Waals surface area (Å²) in [4.78, 5) is 50.0. The molecule has 0 spiro atoms. The molecule has 3 heterocycles. The number of hydrogen-bond donors (Lipinski definition) is 3. The smallest absolute Gasteiger partial charge is 0.352 e. The number of carbonyl (C=O) groups is 3. The van der Waals surface area contributed by atoms with Crippen molar-refractivity contribution in [3.8, 4) is 0 Å². The lowest BCUT2D eigenvalue weighted by molar-refractivity contribution is -0.150. The van der Waals surface area contributed by atoms with Crippen molar-refractivity contribution in [2.45, 2.75) is 16.3 Å². The molecule has 11 heteroatoms. The van der Waals surface area contributed by atoms with Crippen molar-refractivity contribution in [1.29, 1.82) is 0 Å². The highest BCUT2D eigenvalue weighted by Gasteiger charge is 2.53. The number of carboxylic acid groups (broad SMARTS) is 1. The quantitative estimate of drug-likeness (QED) is 0.419. The molecule has 0 aliphatic carbocycles. The topological polar surface area (TPSA) is 133 Å². The first-order chi connectivity index (χ1) is 14.9. The van der Waals surface area contributed by atoms with E-state index in [1.807, 2.05) is 30.3 Å². The fourth-order valence-electron chi connectivity index (χ4n) is 3.21. The number of nitrogens with one attached hydrogen (secondary N) is 2. The summed E-state index contributed by atoms with van der Waals surface area (Å²) >= 11 is 2.72. The van der Waals surface area contributed by atoms with E-state index in [1.165, 1.54) is 46.6 Å². The number of H-pyrrole nitrogens is 1. The molecule has 1 saturated heterocycles. The molecular weight excluding hydrogens is 442 g/mol. The standard InChI is InChI=1S/C20H17N3O6S2/c24-14-8-12(29-22-14)7-6-11-9-31-19-16(18(26)23(19)17(11)20(27)28)21-15(25)10-30-13-4-2-1-3-5-13/h1-8,16,19H,9-10H2,(H,21,25)(H,22,24)(H,27,28)/b7-6+/t16-,19?/m1/s1. The van der Waals surface area contributed by atoms with Crippen LogP contribution in [0.4, 0.5) is 0 Å². The predicted molar refractivity (Wildman–Crippen MR) is 115 cm³/mol. The highest BCUT2D eigenvalue weighted by Crippen LogP contribution is 2.40. The normalized spacial score (nSPS) is 20.5. The Hall–Kier alpha value is -3.18. The summed E-state index contributed by atoms with van der Waals surface area (Å²) in [5.74, 6) is -1.27. The Morgan fingerprint density at radius 3 is 2.74 bits per heavy atom. The number of thioether (sulfide) groups is 2. The fourth-order valence-corrected chi connectivity index (χ4v) is 5.26. The largest absolute Gasteiger partial charge is 0.477 e. The third-order valence-electron chi connectivity index (χ3n) is 4.62. The fraction of sp³-hybridized carbons (Fsp3) is 0.200. The van der Waals surface area contributed by atoms with Gasteiger partial charge in [0.1, 0.15) is 17.1 Å². The molecule has 4 rings (SSSR count). The lowest BCUT2D eigenvalue weighted by Crippen LogP contribution is -2.70. The number of nitrogens with zero attached hydrogens (tertiary/aromatic N) is 1. The summed E-state index contributed by atoms with van der Waals surface area (Å²) in [6.45, 7) is 0. The number of aromatic amines is 1. The SMILES string of the molecule is O=C(CSc1ccccc1)N[C@@H]1C(=O)N2C(C(=O)O)=C(/C=C/c3cc(=O)[nH]o3)CSC12. The zero-order chi connectivity index (χ0) is 22.0. The van der Waals surface area contributed by atoms with Crippen molar-refractivity contribution in [3.05, 3.63) is 69.9 Å². The van der Waals surface area contributed by atoms with Crippen molar-refractivity contribution in [2.24, 2.45) is 0 Å². The van der Waals surface area contributed by atoms with E-state index in [9.17, 15) is 24.3 Å². The van der Waals surface area contributed by atoms with Crippen molar-refractivity contribution in [1.82, 2.24) is 15.4 Å². The lowest BCUT2D eigenvalue weighted by atomic mass is 10.0. The Labute approximate surface area is 184 Å². The molecule has 2 amide bonds. The number of hydrogen-bond acceptors (Lipinski definition) is 7. The van der Waals surface area contributed by atoms with Crippen LogP contribution in [-0.4, -0.2) is 55.9 Å². The van der Waals surface area contributed by atoms with Crippen LogP contribution in [0.3, 0.4) is 0 Å². The van der Waals surface area contributed by atoms with Crippen LogP contribution < -0.4 is 10.9 Å². The highest BCUT2D eigenvalue weighted by atomic mass is 32.2. The Morgan fingerprint density at radius 2 is 2.06 bits per heavy atom. The van der Waals surface area contributed by atoms with Gasteiger partial charge in [0.25, 0.3) is 11.5 Å². The monoisotopic (exact) mass is 459 g/mol. The first-order valence-electron chi connectivity index (χ1n) is 9.19. The Balaban J connectivity index is 1.43. The minimum Gasteiger partial charge on any atom is -0.477 e. The Bertz CT molecular complexity index is 1140. The maximum Gasteiger partial charge on any atom is 0.352 e. The number of allylic oxidation sites excluding steroid dienone is 1. The van der Waals surface area contributed by atoms with E-state index in [1.54, 1.807) is 0 Å². The van der Waals surface area contributed by atoms with Gasteiger partial charge in [0.2, 0.25) is 5.91 Å². The zero-order valence-electron chi connectivity index (χ0n) is 15.9. The Morgan fingerprint density at radius 1 is 1.29 bits per heavy atom. The van der Waals surface area contributed by atoms with E-state index in [0.29, 0.717) is 11.3 Å². The zero-order valence-corrected chi connectivity index (χ0v) is 17.6. The van der Waals surface area contributed by atoms with Gasteiger partial charge in [-0.1, -0.05) is 24.3 Å². The average molecular weight is 460 g/mol. The van der Waals surface area contributed by atoms with Crippen LogP contribution in [0.5, 0.6) is 0 Å². The molecule has 0 radical (unpaired) electrons. The van der Waals surface area contributed by atoms with Gasteiger partial charge < -0.3 is 14.9 Å². The third-order valence-corrected chi connectivity index (χ3v) is 6.94. The summed E-state index contributed by atoms with van der Waals surface area (Å²) in [6, 6.07) is 9.88. The van der Waals surface area contributed by atoms with Gasteiger partial charge in [-0.15, -0.1) is 23.5 Å². The van der Waals surface area contributed by atoms with Gasteiger partial charge in [0, 0.05) is 10.6 Å². The van der Waals surface area contributed by atoms with E-state index in [4.69, 9.17) is 4.52 Å². The number of carboxylic acids is 1. The molecule has 31 heavy (non-hydrogen) atoms. The number of amides is 2. The van der Waals surface area contributed by atoms with E-state index in [0.717, 1.165) is 4.90 Å². The third kappa shape index (κ3) is 4.47. The molecule has 2 atom stereocenters. The van der Waals surface area contributed by atoms with Crippen molar-refractivity contribution >= 4 is 47.4 Å². The van der Waals surface area contributed by atoms with Crippen molar-refractivity contribution in [3.63, 3.8) is 0 Å². The molecule has 1 unspecified atom stereocenters. The van der Waals surface area contributed by atoms with Gasteiger partial charge >= 0.3 is 5.97 Å². The van der Waals surface area contributed by atoms with Crippen LogP contribution in [0.25, 0.3) is 6.08 Å². The van der Waals surface area contributed by atoms with Gasteiger partial charge in [0.05, 0.1) is 11.8 Å². The van der Waals surface area contributed by atoms with Gasteiger partial charge in [0.15, 0.2) is 5.76 Å². The molecule has 2 aliphatic rings. The lowest BCUT2D eigenvalue weighted by Gasteiger charge is -2.49. The van der Waals surface area contributed by atoms with Gasteiger partial charge in [-0.05, 0) is 23.8 Å². The van der Waals surface area contributed by atoms with Crippen LogP contribution in [0.15, 0.2) is 68.0 Å². The molecule has 2 aliphatic heterocycles. The summed E-state index contributed by atoms with van der Waals surface area (Å²) in [5, 5.41) is 14.0. The maximum absolute atomic E-state index is 12.6. The van der Waals surface area contributed by atoms with Crippen LogP contribution in [0.1, 0.15) is 5.76 Å². The van der Waals surface area contributed by atoms with Crippen LogP contribution >= 0.6 is 23.5 Å². The van der Waals surface area contributed by atoms with E-state index < -0.39 is 28.9 Å². The summed E-state index contributed by atoms with van der Waals surface area (Å²) < 4.78 is 4.92. The second kappa shape index (κ2) is 8.90. The molecule has 1 fully saturated rings. The number of β-lactam (4-membered cyclic amide) rings is 1. The first-order valence-corrected chi connectivity index (χ1v) is 11.2. The van der Waals surface area contributed by atoms with Crippen LogP contribution in [-0.2, 0) is 14.4 Å². The van der Waals surface area contributed by atoms with Crippen LogP contribution in [0, 0.1) is 0 Å². The maximum atomic E-state index is 12.6. The van der Waals surface area contributed by atoms with Crippen molar-refractivity contribution in [2.75, 3.05) is 11.5 Å². The second-order valence-electron chi connectivity index (χ2n) is 6.68. The summed E-state index contributed by atoms with van der Waals surface area (Å²) in [6.07, 6.45) is 2.97. The molecule has 3 N–H and O–H groups in total. The Kier molecular flexibility index (Phi) is 6.05. The van der Waals surface area contributed by atoms with Gasteiger partial charge in [-0.3, -0.25) is 19.3 Å². The van der Waals surface area contributed by atoms with E-state index in [2.05, 4.69) is 10.5 Å². The molecule has 0 bridgehead atoms. The van der Waals surface area contributed by atoms with E-state index in [-0.39, 0.29) is 23.1 Å². The van der Waals surface area contributed by atoms with Crippen LogP contribution in [0.2, 0.25) is 0 Å². The number of benzene rings is 1. The molecular formula is C20H17N3O6S2. The first kappa shape index (κ1) is 21.1. The van der Waals surface area contributed by atoms with Gasteiger partial charge in [-0.2, -0.15) is 5.16 Å². The molecule has 2 aromatic rings. The average Bonchev–Trinajstić information content (AvgIpc) is 3.19. The van der Waals surface area contributed by atoms with E-state index >= 15 is 0 Å². The van der Waals surface area contributed by atoms with Crippen molar-refractivity contribution < 1.29 is 24.0 Å². The molecule has 9 nitrogen and oxygen atoms in total. The number of rotatable bonds is 7. The summed E-state index contributed by atoms with van der Waals surface area (Å²) in [5.41, 5.74) is -0.130. The molecule has 0 saturated carbocycles. The molecule has 1 aromatic carbocycles. The minimum atomic E-state index is -1.24. The molecule has 1 aromatic heterocycles. The number of aliphatic carboxylic acids is 1. The highest BCUT2D eigenvalue weighted by molar-refractivity contribution is 8.00. The summed E-state index contributed by atoms with van der Waals surface area (Å²) in [7, 11) is 0. The van der Waals surface area contributed by atoms with Gasteiger partial charge in [-0.25, -0.2) is 4.79 Å². The number of fused-ring (bicyclic) bond motifs is 1. The number of carbonyl (C=O) groups excluding carboxylic acids is 2. The number of aromatic nitrogens is 1. The second-order valence-corrected chi connectivity index (χ2v) is 8.84. The molecule has 160 valence electrons. The predicted octanol–water partition coefficient (Wildman–Crippen LogP) is 1.51.